The number of fused-ring (bicyclic) bond motifs is 1. The topological polar surface area (TPSA) is 187 Å². The average Bonchev–Trinajstić information content (AvgIpc) is 2.99. The van der Waals surface area contributed by atoms with Gasteiger partial charge in [-0.05, 0) is 17.5 Å². The van der Waals surface area contributed by atoms with E-state index >= 15 is 0 Å². The maximum absolute atomic E-state index is 10.7. The number of aromatic amines is 1. The smallest absolute Gasteiger partial charge is 0.741 e. The Morgan fingerprint density at radius 3 is 1.09 bits per heavy atom. The Morgan fingerprint density at radius 2 is 0.853 bits per heavy atom. The van der Waals surface area contributed by atoms with Crippen LogP contribution in [0, 0.1) is 0 Å². The Balaban J connectivity index is -0.000000374. The minimum Gasteiger partial charge on any atom is -0.741 e. The molecule has 0 amide bonds. The van der Waals surface area contributed by atoms with Crippen LogP contribution in [0.1, 0.15) is 0 Å². The largest absolute Gasteiger partial charge is 3.00 e. The van der Waals surface area contributed by atoms with Gasteiger partial charge in [-0.3, -0.25) is 0 Å². The maximum Gasteiger partial charge on any atom is 3.00 e. The Morgan fingerprint density at radius 1 is 0.588 bits per heavy atom. The molecular formula is C11H7CuF9NO9S3. The number of rotatable bonds is 0. The number of H-pyrrole nitrogens is 1. The summed E-state index contributed by atoms with van der Waals surface area (Å²) in [5, 5.41) is 1.28. The van der Waals surface area contributed by atoms with Gasteiger partial charge in [-0.1, -0.05) is 18.2 Å². The van der Waals surface area contributed by atoms with E-state index < -0.39 is 46.9 Å². The third-order valence-electron chi connectivity index (χ3n) is 2.31. The number of alkyl halides is 9. The van der Waals surface area contributed by atoms with E-state index in [2.05, 4.69) is 23.2 Å². The molecular weight excluding hydrogens is 621 g/mol. The molecule has 0 radical (unpaired) electrons. The van der Waals surface area contributed by atoms with E-state index in [1.165, 1.54) is 10.9 Å². The summed E-state index contributed by atoms with van der Waals surface area (Å²) in [6.45, 7) is 0. The fraction of sp³-hybridized carbons (Fsp3) is 0.273. The molecule has 0 aliphatic heterocycles. The second kappa shape index (κ2) is 12.9. The molecule has 2 rings (SSSR count). The van der Waals surface area contributed by atoms with Crippen LogP contribution in [0.15, 0.2) is 36.5 Å². The number of hydrogen-bond donors (Lipinski definition) is 1. The van der Waals surface area contributed by atoms with E-state index in [1.54, 1.807) is 0 Å². The van der Waals surface area contributed by atoms with Crippen LogP contribution < -0.4 is 0 Å². The minimum atomic E-state index is -6.09. The zero-order valence-corrected chi connectivity index (χ0v) is 18.5. The Bertz CT molecular complexity index is 1070. The summed E-state index contributed by atoms with van der Waals surface area (Å²) in [7, 11) is -18.3. The van der Waals surface area contributed by atoms with Crippen molar-refractivity contribution in [2.24, 2.45) is 0 Å². The predicted molar refractivity (Wildman–Crippen MR) is 85.6 cm³/mol. The molecule has 1 N–H and O–H groups in total. The number of para-hydroxylation sites is 1. The molecule has 0 bridgehead atoms. The molecule has 0 spiro atoms. The number of nitrogens with one attached hydrogen (secondary N) is 1. The van der Waals surface area contributed by atoms with E-state index in [1.807, 2.05) is 18.3 Å². The van der Waals surface area contributed by atoms with Crippen molar-refractivity contribution < 1.29 is 95.5 Å². The standard InChI is InChI=1S/C8H7N.3CHF3O3S.Cu/c1-2-4-8-7(3-1)5-6-9-8;3*2-1(3,4)8(5,6)7;/h1-6,9H;3*(H,5,6,7);/q;;;;+3/p-3. The molecule has 0 aliphatic rings. The molecule has 1 aromatic heterocycles. The normalized spacial score (nSPS) is 12.6. The van der Waals surface area contributed by atoms with E-state index in [0.29, 0.717) is 0 Å². The Kier molecular flexibility index (Phi) is 14.0. The van der Waals surface area contributed by atoms with Crippen LogP contribution in [0.5, 0.6) is 0 Å². The first-order valence-electron chi connectivity index (χ1n) is 6.80. The van der Waals surface area contributed by atoms with Gasteiger partial charge in [0.1, 0.15) is 0 Å². The molecule has 0 aliphatic carbocycles. The molecule has 202 valence electrons. The van der Waals surface area contributed by atoms with Gasteiger partial charge >= 0.3 is 33.6 Å². The fourth-order valence-electron chi connectivity index (χ4n) is 0.995. The molecule has 1 heterocycles. The van der Waals surface area contributed by atoms with Gasteiger partial charge in [0, 0.05) is 11.7 Å². The van der Waals surface area contributed by atoms with Crippen molar-refractivity contribution in [1.29, 1.82) is 0 Å². The minimum absolute atomic E-state index is 0. The average molecular weight is 628 g/mol. The van der Waals surface area contributed by atoms with Crippen molar-refractivity contribution in [3.8, 4) is 0 Å². The molecule has 0 unspecified atom stereocenters. The van der Waals surface area contributed by atoms with E-state index in [0.717, 1.165) is 0 Å². The zero-order valence-electron chi connectivity index (χ0n) is 15.1. The van der Waals surface area contributed by atoms with Crippen LogP contribution in [0.3, 0.4) is 0 Å². The molecule has 23 heteroatoms. The third-order valence-corrected chi connectivity index (χ3v) is 4.01. The van der Waals surface area contributed by atoms with Gasteiger partial charge in [-0.25, -0.2) is 25.3 Å². The first-order chi connectivity index (χ1) is 14.2. The quantitative estimate of drug-likeness (QED) is 0.198. The van der Waals surface area contributed by atoms with E-state index in [-0.39, 0.29) is 17.1 Å². The van der Waals surface area contributed by atoms with E-state index in [9.17, 15) is 39.5 Å². The Labute approximate surface area is 194 Å². The first kappa shape index (κ1) is 36.9. The number of benzene rings is 1. The van der Waals surface area contributed by atoms with Crippen molar-refractivity contribution in [2.75, 3.05) is 0 Å². The second-order valence-electron chi connectivity index (χ2n) is 4.76. The molecule has 0 atom stereocenters. The molecule has 1 aromatic carbocycles. The molecule has 0 saturated heterocycles. The zero-order chi connectivity index (χ0) is 27.1. The summed E-state index contributed by atoms with van der Waals surface area (Å²) in [6.07, 6.45) is 1.95. The summed E-state index contributed by atoms with van der Waals surface area (Å²) < 4.78 is 177. The van der Waals surface area contributed by atoms with Gasteiger partial charge < -0.3 is 18.6 Å². The molecule has 10 nitrogen and oxygen atoms in total. The molecule has 34 heavy (non-hydrogen) atoms. The first-order valence-corrected chi connectivity index (χ1v) is 11.0. The monoisotopic (exact) mass is 627 g/mol. The maximum atomic E-state index is 10.7. The van der Waals surface area contributed by atoms with Crippen molar-refractivity contribution >= 4 is 41.3 Å². The number of aromatic nitrogens is 1. The molecule has 0 saturated carbocycles. The van der Waals surface area contributed by atoms with Crippen molar-refractivity contribution in [3.05, 3.63) is 36.5 Å². The number of hydrogen-bond acceptors (Lipinski definition) is 9. The molecule has 2 aromatic rings. The number of halogens is 9. The van der Waals surface area contributed by atoms with Gasteiger partial charge in [0.2, 0.25) is 0 Å². The predicted octanol–water partition coefficient (Wildman–Crippen LogP) is 2.32. The summed E-state index contributed by atoms with van der Waals surface area (Å²) in [6, 6.07) is 10.3. The summed E-state index contributed by atoms with van der Waals surface area (Å²) in [4.78, 5) is 3.12. The SMILES string of the molecule is O=S(=O)([O-])C(F)(F)F.O=S(=O)([O-])C(F)(F)F.O=S(=O)([O-])C(F)(F)F.[Cu+3].c1ccc2[nH]ccc2c1. The van der Waals surface area contributed by atoms with Crippen LogP contribution >= 0.6 is 0 Å². The Hall–Kier alpha value is -1.62. The van der Waals surface area contributed by atoms with Gasteiger partial charge in [0.25, 0.3) is 0 Å². The summed E-state index contributed by atoms with van der Waals surface area (Å²) >= 11 is 0. The van der Waals surface area contributed by atoms with Gasteiger partial charge in [-0.15, -0.1) is 0 Å². The third kappa shape index (κ3) is 14.6. The fourth-order valence-corrected chi connectivity index (χ4v) is 0.995. The van der Waals surface area contributed by atoms with Crippen molar-refractivity contribution in [1.82, 2.24) is 4.98 Å². The van der Waals surface area contributed by atoms with Crippen molar-refractivity contribution in [3.63, 3.8) is 0 Å². The van der Waals surface area contributed by atoms with Gasteiger partial charge in [0.05, 0.1) is 0 Å². The van der Waals surface area contributed by atoms with Gasteiger partial charge in [0.15, 0.2) is 30.4 Å². The van der Waals surface area contributed by atoms with Gasteiger partial charge in [-0.2, -0.15) is 39.5 Å². The summed E-state index contributed by atoms with van der Waals surface area (Å²) in [5.74, 6) is 0. The van der Waals surface area contributed by atoms with Crippen molar-refractivity contribution in [2.45, 2.75) is 16.5 Å². The van der Waals surface area contributed by atoms with Crippen LogP contribution in [-0.2, 0) is 47.4 Å². The van der Waals surface area contributed by atoms with E-state index in [4.69, 9.17) is 38.9 Å². The second-order valence-corrected chi connectivity index (χ2v) is 8.88. The van der Waals surface area contributed by atoms with Crippen LogP contribution in [0.2, 0.25) is 0 Å². The van der Waals surface area contributed by atoms with Crippen LogP contribution in [-0.4, -0.2) is 60.4 Å². The van der Waals surface area contributed by atoms with Crippen LogP contribution in [0.25, 0.3) is 10.9 Å². The van der Waals surface area contributed by atoms with Crippen LogP contribution in [0.4, 0.5) is 39.5 Å². The summed E-state index contributed by atoms with van der Waals surface area (Å²) in [5.41, 5.74) is -15.7. The molecule has 0 fully saturated rings.